The second-order valence-corrected chi connectivity index (χ2v) is 9.27. The summed E-state index contributed by atoms with van der Waals surface area (Å²) in [4.78, 5) is 17.7. The fraction of sp³-hybridized carbons (Fsp3) is 0.458. The summed E-state index contributed by atoms with van der Waals surface area (Å²) in [7, 11) is 0. The molecule has 2 aromatic rings. The van der Waals surface area contributed by atoms with Gasteiger partial charge in [0.2, 0.25) is 0 Å². The number of amides is 2. The molecule has 2 fully saturated rings. The minimum atomic E-state index is -0.128. The first-order valence-electron chi connectivity index (χ1n) is 11.0. The molecule has 160 valence electrons. The van der Waals surface area contributed by atoms with Crippen LogP contribution in [0.5, 0.6) is 0 Å². The molecule has 0 saturated carbocycles. The molecule has 0 bridgehead atoms. The lowest BCUT2D eigenvalue weighted by Crippen LogP contribution is -2.39. The number of nitrogens with zero attached hydrogens (tertiary/aromatic N) is 2. The van der Waals surface area contributed by atoms with Crippen LogP contribution in [0.15, 0.2) is 54.6 Å². The Kier molecular flexibility index (Phi) is 7.67. The highest BCUT2D eigenvalue weighted by molar-refractivity contribution is 7.99. The van der Waals surface area contributed by atoms with E-state index in [0.29, 0.717) is 6.54 Å². The first-order chi connectivity index (χ1) is 14.8. The van der Waals surface area contributed by atoms with E-state index in [1.807, 2.05) is 30.0 Å². The topological polar surface area (TPSA) is 47.6 Å². The van der Waals surface area contributed by atoms with Crippen molar-refractivity contribution in [2.24, 2.45) is 0 Å². The summed E-state index contributed by atoms with van der Waals surface area (Å²) in [5.74, 6) is 2.38. The lowest BCUT2D eigenvalue weighted by atomic mass is 10.1. The quantitative estimate of drug-likeness (QED) is 0.700. The summed E-state index contributed by atoms with van der Waals surface area (Å²) in [6, 6.07) is 18.8. The molecule has 2 amide bonds. The Morgan fingerprint density at radius 1 is 0.933 bits per heavy atom. The standard InChI is InChI=1S/C24H32N4OS/c29-24(25-18-23(28-12-6-7-13-28)20-8-2-1-3-9-20)26-22-11-5-4-10-21(22)19-27-14-16-30-17-15-27/h1-5,8-11,23H,6-7,12-19H2,(H2,25,26,29). The van der Waals surface area contributed by atoms with E-state index in [1.54, 1.807) is 0 Å². The zero-order chi connectivity index (χ0) is 20.6. The van der Waals surface area contributed by atoms with Gasteiger partial charge in [0.1, 0.15) is 0 Å². The van der Waals surface area contributed by atoms with Gasteiger partial charge in [0.25, 0.3) is 0 Å². The summed E-state index contributed by atoms with van der Waals surface area (Å²) >= 11 is 2.02. The number of para-hydroxylation sites is 1. The van der Waals surface area contributed by atoms with Gasteiger partial charge in [-0.2, -0.15) is 11.8 Å². The van der Waals surface area contributed by atoms with Gasteiger partial charge in [0, 0.05) is 43.4 Å². The van der Waals surface area contributed by atoms with Crippen molar-refractivity contribution in [2.45, 2.75) is 25.4 Å². The van der Waals surface area contributed by atoms with Crippen molar-refractivity contribution >= 4 is 23.5 Å². The van der Waals surface area contributed by atoms with Crippen LogP contribution in [0.3, 0.4) is 0 Å². The largest absolute Gasteiger partial charge is 0.336 e. The van der Waals surface area contributed by atoms with Crippen molar-refractivity contribution in [3.8, 4) is 0 Å². The Morgan fingerprint density at radius 2 is 1.63 bits per heavy atom. The number of carbonyl (C=O) groups excluding carboxylic acids is 1. The lowest BCUT2D eigenvalue weighted by Gasteiger charge is -2.28. The molecule has 2 N–H and O–H groups in total. The van der Waals surface area contributed by atoms with Crippen LogP contribution in [0.2, 0.25) is 0 Å². The Morgan fingerprint density at radius 3 is 2.40 bits per heavy atom. The van der Waals surface area contributed by atoms with E-state index >= 15 is 0 Å². The van der Waals surface area contributed by atoms with Gasteiger partial charge in [-0.1, -0.05) is 48.5 Å². The number of anilines is 1. The van der Waals surface area contributed by atoms with Crippen LogP contribution < -0.4 is 10.6 Å². The summed E-state index contributed by atoms with van der Waals surface area (Å²) in [6.45, 7) is 5.91. The number of thioether (sulfide) groups is 1. The SMILES string of the molecule is O=C(NCC(c1ccccc1)N1CCCC1)Nc1ccccc1CN1CCSCC1. The van der Waals surface area contributed by atoms with E-state index in [1.165, 1.54) is 35.5 Å². The Labute approximate surface area is 184 Å². The number of hydrogen-bond donors (Lipinski definition) is 2. The summed E-state index contributed by atoms with van der Waals surface area (Å²) in [5.41, 5.74) is 3.35. The fourth-order valence-corrected chi connectivity index (χ4v) is 5.30. The zero-order valence-electron chi connectivity index (χ0n) is 17.6. The molecule has 2 aliphatic rings. The highest BCUT2D eigenvalue weighted by Gasteiger charge is 2.24. The second-order valence-electron chi connectivity index (χ2n) is 8.05. The number of carbonyl (C=O) groups is 1. The van der Waals surface area contributed by atoms with Gasteiger partial charge in [-0.15, -0.1) is 0 Å². The van der Waals surface area contributed by atoms with Crippen molar-refractivity contribution in [2.75, 3.05) is 49.5 Å². The maximum Gasteiger partial charge on any atom is 0.319 e. The second kappa shape index (κ2) is 10.8. The predicted octanol–water partition coefficient (Wildman–Crippen LogP) is 4.19. The van der Waals surface area contributed by atoms with E-state index in [0.717, 1.165) is 38.4 Å². The molecule has 0 radical (unpaired) electrons. The molecule has 1 unspecified atom stereocenters. The van der Waals surface area contributed by atoms with E-state index < -0.39 is 0 Å². The van der Waals surface area contributed by atoms with Crippen molar-refractivity contribution in [3.63, 3.8) is 0 Å². The van der Waals surface area contributed by atoms with Gasteiger partial charge < -0.3 is 10.6 Å². The number of likely N-dealkylation sites (tertiary alicyclic amines) is 1. The third-order valence-corrected chi connectivity index (χ3v) is 6.93. The van der Waals surface area contributed by atoms with Crippen LogP contribution in [-0.2, 0) is 6.54 Å². The number of hydrogen-bond acceptors (Lipinski definition) is 4. The molecule has 2 aromatic carbocycles. The Balaban J connectivity index is 1.37. The fourth-order valence-electron chi connectivity index (χ4n) is 4.32. The van der Waals surface area contributed by atoms with Gasteiger partial charge in [-0.3, -0.25) is 9.80 Å². The average Bonchev–Trinajstić information content (AvgIpc) is 3.31. The third-order valence-electron chi connectivity index (χ3n) is 5.98. The van der Waals surface area contributed by atoms with E-state index in [2.05, 4.69) is 56.8 Å². The number of benzene rings is 2. The zero-order valence-corrected chi connectivity index (χ0v) is 18.4. The van der Waals surface area contributed by atoms with Crippen molar-refractivity contribution in [1.29, 1.82) is 0 Å². The molecule has 5 nitrogen and oxygen atoms in total. The van der Waals surface area contributed by atoms with Crippen LogP contribution in [0.25, 0.3) is 0 Å². The molecule has 1 atom stereocenters. The minimum absolute atomic E-state index is 0.128. The van der Waals surface area contributed by atoms with E-state index in [4.69, 9.17) is 0 Å². The Bertz CT molecular complexity index is 804. The van der Waals surface area contributed by atoms with E-state index in [9.17, 15) is 4.79 Å². The first-order valence-corrected chi connectivity index (χ1v) is 12.2. The van der Waals surface area contributed by atoms with Crippen molar-refractivity contribution in [3.05, 3.63) is 65.7 Å². The molecule has 6 heteroatoms. The molecule has 0 aromatic heterocycles. The number of urea groups is 1. The van der Waals surface area contributed by atoms with Gasteiger partial charge in [-0.05, 0) is 43.1 Å². The monoisotopic (exact) mass is 424 g/mol. The molecule has 0 aliphatic carbocycles. The summed E-state index contributed by atoms with van der Waals surface area (Å²) < 4.78 is 0. The molecule has 0 spiro atoms. The normalized spacial score (nSPS) is 18.8. The Hall–Kier alpha value is -2.02. The summed E-state index contributed by atoms with van der Waals surface area (Å²) in [5, 5.41) is 6.23. The highest BCUT2D eigenvalue weighted by Crippen LogP contribution is 2.25. The molecular formula is C24H32N4OS. The molecule has 4 rings (SSSR count). The molecule has 2 heterocycles. The third kappa shape index (κ3) is 5.78. The van der Waals surface area contributed by atoms with Crippen LogP contribution in [0, 0.1) is 0 Å². The van der Waals surface area contributed by atoms with Crippen LogP contribution in [0.4, 0.5) is 10.5 Å². The molecule has 30 heavy (non-hydrogen) atoms. The van der Waals surface area contributed by atoms with Gasteiger partial charge in [0.15, 0.2) is 0 Å². The van der Waals surface area contributed by atoms with E-state index in [-0.39, 0.29) is 12.1 Å². The molecular weight excluding hydrogens is 392 g/mol. The average molecular weight is 425 g/mol. The lowest BCUT2D eigenvalue weighted by molar-refractivity contribution is 0.227. The van der Waals surface area contributed by atoms with Gasteiger partial charge in [0.05, 0.1) is 6.04 Å². The first kappa shape index (κ1) is 21.2. The maximum atomic E-state index is 12.7. The predicted molar refractivity (Wildman–Crippen MR) is 126 cm³/mol. The van der Waals surface area contributed by atoms with Gasteiger partial charge >= 0.3 is 6.03 Å². The van der Waals surface area contributed by atoms with Crippen LogP contribution in [-0.4, -0.2) is 60.1 Å². The smallest absolute Gasteiger partial charge is 0.319 e. The van der Waals surface area contributed by atoms with Crippen LogP contribution in [0.1, 0.15) is 30.0 Å². The van der Waals surface area contributed by atoms with Gasteiger partial charge in [-0.25, -0.2) is 4.79 Å². The maximum absolute atomic E-state index is 12.7. The summed E-state index contributed by atoms with van der Waals surface area (Å²) in [6.07, 6.45) is 2.47. The number of rotatable bonds is 7. The number of nitrogens with one attached hydrogen (secondary N) is 2. The minimum Gasteiger partial charge on any atom is -0.336 e. The highest BCUT2D eigenvalue weighted by atomic mass is 32.2. The molecule has 2 aliphatic heterocycles. The van der Waals surface area contributed by atoms with Crippen LogP contribution >= 0.6 is 11.8 Å². The van der Waals surface area contributed by atoms with Crippen molar-refractivity contribution < 1.29 is 4.79 Å². The van der Waals surface area contributed by atoms with Crippen molar-refractivity contribution in [1.82, 2.24) is 15.1 Å². The molecule has 2 saturated heterocycles.